The lowest BCUT2D eigenvalue weighted by Gasteiger charge is -2.39. The molecular weight excluding hydrogens is 204 g/mol. The Morgan fingerprint density at radius 1 is 0.533 bits per heavy atom. The molecule has 0 unspecified atom stereocenters. The largest absolute Gasteiger partial charge is 0.393 e. The van der Waals surface area contributed by atoms with Crippen LogP contribution in [0, 0.1) is 11.8 Å². The Morgan fingerprint density at radius 2 is 1.07 bits per heavy atom. The first kappa shape index (κ1) is 11.3. The van der Waals surface area contributed by atoms with Crippen LogP contribution < -0.4 is 0 Å². The molecule has 0 saturated heterocycles. The Bertz CT molecular complexity index is 243. The van der Waals surface area contributed by atoms with Crippen LogP contribution in [0.15, 0.2) is 0 Å². The molecule has 2 rings (SSSR count). The predicted molar refractivity (Wildman–Crippen MR) is 47.6 cm³/mol. The smallest absolute Gasteiger partial charge is 0.106 e. The molecule has 0 heterocycles. The monoisotopic (exact) mass is 220 g/mol. The molecule has 0 spiro atoms. The fourth-order valence-corrected chi connectivity index (χ4v) is 2.83. The van der Waals surface area contributed by atoms with Crippen molar-refractivity contribution in [2.24, 2.45) is 11.8 Å². The fraction of sp³-hybridized carbons (Fsp3) is 1.00. The summed E-state index contributed by atoms with van der Waals surface area (Å²) >= 11 is 0. The van der Waals surface area contributed by atoms with Crippen LogP contribution in [0.1, 0.15) is 6.42 Å². The number of rotatable bonds is 0. The summed E-state index contributed by atoms with van der Waals surface area (Å²) in [5, 5.41) is 57.2. The van der Waals surface area contributed by atoms with E-state index in [9.17, 15) is 30.6 Å². The summed E-state index contributed by atoms with van der Waals surface area (Å²) in [6, 6.07) is 0. The van der Waals surface area contributed by atoms with E-state index in [1.807, 2.05) is 0 Å². The van der Waals surface area contributed by atoms with Crippen LogP contribution in [0.3, 0.4) is 0 Å². The normalized spacial score (nSPS) is 60.4. The van der Waals surface area contributed by atoms with Gasteiger partial charge in [-0.25, -0.2) is 0 Å². The van der Waals surface area contributed by atoms with Gasteiger partial charge < -0.3 is 30.6 Å². The first-order valence-corrected chi connectivity index (χ1v) is 5.03. The summed E-state index contributed by atoms with van der Waals surface area (Å²) in [4.78, 5) is 0. The Kier molecular flexibility index (Phi) is 2.74. The van der Waals surface area contributed by atoms with Gasteiger partial charge in [0.25, 0.3) is 0 Å². The molecule has 0 radical (unpaired) electrons. The number of hydrogen-bond acceptors (Lipinski definition) is 6. The summed E-state index contributed by atoms with van der Waals surface area (Å²) in [5.41, 5.74) is 0. The Hall–Kier alpha value is -0.240. The van der Waals surface area contributed by atoms with E-state index in [0.29, 0.717) is 0 Å². The lowest BCUT2D eigenvalue weighted by atomic mass is 9.75. The van der Waals surface area contributed by atoms with Crippen molar-refractivity contribution in [1.29, 1.82) is 0 Å². The molecule has 8 atom stereocenters. The van der Waals surface area contributed by atoms with E-state index in [-0.39, 0.29) is 6.42 Å². The minimum Gasteiger partial charge on any atom is -0.393 e. The highest BCUT2D eigenvalue weighted by atomic mass is 16.4. The molecule has 6 nitrogen and oxygen atoms in total. The third-order valence-electron chi connectivity index (χ3n) is 3.65. The Morgan fingerprint density at radius 3 is 1.67 bits per heavy atom. The molecule has 2 fully saturated rings. The van der Waals surface area contributed by atoms with E-state index in [1.165, 1.54) is 0 Å². The zero-order chi connectivity index (χ0) is 11.3. The van der Waals surface area contributed by atoms with Gasteiger partial charge in [0, 0.05) is 18.3 Å². The molecule has 0 aromatic carbocycles. The van der Waals surface area contributed by atoms with Crippen LogP contribution in [-0.2, 0) is 0 Å². The van der Waals surface area contributed by atoms with Gasteiger partial charge in [-0.3, -0.25) is 0 Å². The number of hydrogen-bond donors (Lipinski definition) is 6. The average Bonchev–Trinajstić information content (AvgIpc) is 2.40. The summed E-state index contributed by atoms with van der Waals surface area (Å²) < 4.78 is 0. The molecule has 6 N–H and O–H groups in total. The van der Waals surface area contributed by atoms with Crippen LogP contribution in [0.5, 0.6) is 0 Å². The minimum absolute atomic E-state index is 0.0567. The Balaban J connectivity index is 2.28. The van der Waals surface area contributed by atoms with Crippen molar-refractivity contribution in [3.63, 3.8) is 0 Å². The second kappa shape index (κ2) is 3.65. The Labute approximate surface area is 86.4 Å². The van der Waals surface area contributed by atoms with Gasteiger partial charge in [0.15, 0.2) is 0 Å². The van der Waals surface area contributed by atoms with Gasteiger partial charge in [-0.15, -0.1) is 0 Å². The molecule has 2 saturated carbocycles. The molecule has 0 aromatic rings. The molecule has 2 aliphatic rings. The first-order valence-electron chi connectivity index (χ1n) is 5.03. The van der Waals surface area contributed by atoms with E-state index in [1.54, 1.807) is 0 Å². The molecular formula is C9H16O6. The van der Waals surface area contributed by atoms with Gasteiger partial charge in [0.1, 0.15) is 6.10 Å². The second-order valence-electron chi connectivity index (χ2n) is 4.49. The van der Waals surface area contributed by atoms with Crippen LogP contribution >= 0.6 is 0 Å². The molecule has 15 heavy (non-hydrogen) atoms. The van der Waals surface area contributed by atoms with Crippen molar-refractivity contribution in [2.45, 2.75) is 43.0 Å². The highest BCUT2D eigenvalue weighted by Gasteiger charge is 2.58. The van der Waals surface area contributed by atoms with Gasteiger partial charge in [-0.05, 0) is 0 Å². The minimum atomic E-state index is -1.38. The quantitative estimate of drug-likeness (QED) is 0.256. The molecule has 2 aliphatic carbocycles. The highest BCUT2D eigenvalue weighted by Crippen LogP contribution is 2.43. The van der Waals surface area contributed by atoms with Crippen molar-refractivity contribution in [3.05, 3.63) is 0 Å². The molecule has 0 bridgehead atoms. The average molecular weight is 220 g/mol. The zero-order valence-electron chi connectivity index (χ0n) is 8.01. The predicted octanol–water partition coefficient (Wildman–Crippen LogP) is -3.20. The maximum absolute atomic E-state index is 9.63. The summed E-state index contributed by atoms with van der Waals surface area (Å²) in [5.74, 6) is -1.66. The maximum Gasteiger partial charge on any atom is 0.106 e. The third kappa shape index (κ3) is 1.49. The maximum atomic E-state index is 9.63. The van der Waals surface area contributed by atoms with E-state index >= 15 is 0 Å². The van der Waals surface area contributed by atoms with Crippen molar-refractivity contribution >= 4 is 0 Å². The van der Waals surface area contributed by atoms with Gasteiger partial charge in [0.2, 0.25) is 0 Å². The standard InChI is InChI=1S/C9H16O6/c10-2-1-3(11)6(12)5-4(2)7(13)9(15)8(5)14/h2-15H,1H2/t2-,3-,4+,5-,6-,7+,8-,9-/m1/s1. The summed E-state index contributed by atoms with van der Waals surface area (Å²) in [6.45, 7) is 0. The third-order valence-corrected chi connectivity index (χ3v) is 3.65. The van der Waals surface area contributed by atoms with E-state index in [4.69, 9.17) is 0 Å². The number of aliphatic hydroxyl groups is 6. The van der Waals surface area contributed by atoms with Gasteiger partial charge in [-0.1, -0.05) is 0 Å². The SMILES string of the molecule is O[C@@H]1[C@@H](O)[C@@H]2[C@@H]([C@H]1O)[C@H](O)[C@H](O)C[C@H]2O. The number of fused-ring (bicyclic) bond motifs is 1. The zero-order valence-corrected chi connectivity index (χ0v) is 8.01. The first-order chi connectivity index (χ1) is 6.95. The van der Waals surface area contributed by atoms with Gasteiger partial charge in [-0.2, -0.15) is 0 Å². The van der Waals surface area contributed by atoms with Crippen molar-refractivity contribution in [1.82, 2.24) is 0 Å². The second-order valence-corrected chi connectivity index (χ2v) is 4.49. The van der Waals surface area contributed by atoms with Gasteiger partial charge >= 0.3 is 0 Å². The summed E-state index contributed by atoms with van der Waals surface area (Å²) in [7, 11) is 0. The van der Waals surface area contributed by atoms with Crippen LogP contribution in [0.4, 0.5) is 0 Å². The molecule has 0 amide bonds. The van der Waals surface area contributed by atoms with E-state index in [2.05, 4.69) is 0 Å². The molecule has 6 heteroatoms. The van der Waals surface area contributed by atoms with Crippen LogP contribution in [0.25, 0.3) is 0 Å². The van der Waals surface area contributed by atoms with Crippen molar-refractivity contribution in [3.8, 4) is 0 Å². The highest BCUT2D eigenvalue weighted by molar-refractivity contribution is 5.07. The summed E-state index contributed by atoms with van der Waals surface area (Å²) in [6.07, 6.45) is -7.39. The van der Waals surface area contributed by atoms with Crippen molar-refractivity contribution in [2.75, 3.05) is 0 Å². The van der Waals surface area contributed by atoms with Crippen LogP contribution in [0.2, 0.25) is 0 Å². The van der Waals surface area contributed by atoms with Crippen LogP contribution in [-0.4, -0.2) is 67.3 Å². The lowest BCUT2D eigenvalue weighted by Crippen LogP contribution is -2.51. The van der Waals surface area contributed by atoms with Gasteiger partial charge in [0.05, 0.1) is 30.5 Å². The fourth-order valence-electron chi connectivity index (χ4n) is 2.83. The lowest BCUT2D eigenvalue weighted by molar-refractivity contribution is -0.137. The van der Waals surface area contributed by atoms with Crippen molar-refractivity contribution < 1.29 is 30.6 Å². The topological polar surface area (TPSA) is 121 Å². The molecule has 88 valence electrons. The van der Waals surface area contributed by atoms with E-state index in [0.717, 1.165) is 0 Å². The van der Waals surface area contributed by atoms with E-state index < -0.39 is 48.5 Å². The molecule has 0 aromatic heterocycles. The number of aliphatic hydroxyl groups excluding tert-OH is 6. The molecule has 0 aliphatic heterocycles.